The van der Waals surface area contributed by atoms with Crippen molar-refractivity contribution < 1.29 is 0 Å². The monoisotopic (exact) mass is 338 g/mol. The van der Waals surface area contributed by atoms with E-state index in [9.17, 15) is 0 Å². The summed E-state index contributed by atoms with van der Waals surface area (Å²) >= 11 is 6.83. The van der Waals surface area contributed by atoms with E-state index in [0.717, 1.165) is 6.42 Å². The van der Waals surface area contributed by atoms with Crippen LogP contribution in [-0.2, 0) is 5.41 Å². The van der Waals surface area contributed by atoms with E-state index in [4.69, 9.17) is 18.2 Å². The molecule has 0 aliphatic heterocycles. The first kappa shape index (κ1) is 15.8. The molecule has 1 heterocycles. The van der Waals surface area contributed by atoms with Crippen molar-refractivity contribution in [2.75, 3.05) is 0 Å². The second-order valence-electron chi connectivity index (χ2n) is 8.17. The van der Waals surface area contributed by atoms with Crippen molar-refractivity contribution >= 4 is 22.5 Å². The molecule has 2 aliphatic rings. The van der Waals surface area contributed by atoms with Gasteiger partial charge in [-0.15, -0.1) is 18.2 Å². The maximum Gasteiger partial charge on any atom is 0.240 e. The first-order valence-electron chi connectivity index (χ1n) is 8.61. The number of hydrogen-bond acceptors (Lipinski definition) is 0. The highest BCUT2D eigenvalue weighted by Crippen LogP contribution is 2.60. The summed E-state index contributed by atoms with van der Waals surface area (Å²) in [5, 5.41) is 1.26. The van der Waals surface area contributed by atoms with E-state index in [-0.39, 0.29) is 28.2 Å². The molecule has 0 spiro atoms. The lowest BCUT2D eigenvalue weighted by molar-refractivity contribution is 0.124. The molecule has 2 nitrogen and oxygen atoms in total. The molecule has 124 valence electrons. The number of nitrogens with one attached hydrogen (secondary N) is 1. The van der Waals surface area contributed by atoms with Crippen molar-refractivity contribution in [3.63, 3.8) is 0 Å². The van der Waals surface area contributed by atoms with Gasteiger partial charge >= 0.3 is 0 Å². The Bertz CT molecular complexity index is 872. The molecular weight excluding hydrogens is 316 g/mol. The highest BCUT2D eigenvalue weighted by molar-refractivity contribution is 6.21. The molecule has 0 radical (unpaired) electrons. The minimum absolute atomic E-state index is 0.00203. The fourth-order valence-corrected chi connectivity index (χ4v) is 5.64. The zero-order chi connectivity index (χ0) is 17.3. The molecule has 1 saturated carbocycles. The number of alkyl halides is 1. The molecule has 0 amide bonds. The minimum atomic E-state index is -0.365. The molecule has 0 bridgehead atoms. The third kappa shape index (κ3) is 1.72. The Morgan fingerprint density at radius 3 is 2.79 bits per heavy atom. The highest BCUT2D eigenvalue weighted by atomic mass is 35.5. The van der Waals surface area contributed by atoms with Gasteiger partial charge in [-0.05, 0) is 41.9 Å². The lowest BCUT2D eigenvalue weighted by Crippen LogP contribution is -2.54. The van der Waals surface area contributed by atoms with Crippen LogP contribution < -0.4 is 0 Å². The molecule has 1 aromatic carbocycles. The Morgan fingerprint density at radius 2 is 2.12 bits per heavy atom. The summed E-state index contributed by atoms with van der Waals surface area (Å²) in [5.41, 5.74) is 3.48. The maximum absolute atomic E-state index is 7.94. The third-order valence-electron chi connectivity index (χ3n) is 6.84. The van der Waals surface area contributed by atoms with Crippen LogP contribution in [0.15, 0.2) is 37.1 Å². The van der Waals surface area contributed by atoms with Crippen LogP contribution >= 0.6 is 11.6 Å². The molecule has 24 heavy (non-hydrogen) atoms. The van der Waals surface area contributed by atoms with Gasteiger partial charge in [-0.2, -0.15) is 0 Å². The second-order valence-corrected chi connectivity index (χ2v) is 8.70. The SMILES string of the molecule is [C-]#[N+][C@@H]1[C@H]2c3c[nH]c4cccc(c34)C(C)(C)[C@H]2C[C@@H](Cl)[C@]1(C)C=C. The average Bonchev–Trinajstić information content (AvgIpc) is 2.99. The summed E-state index contributed by atoms with van der Waals surface area (Å²) < 4.78 is 0. The topological polar surface area (TPSA) is 20.1 Å². The molecule has 5 atom stereocenters. The van der Waals surface area contributed by atoms with Crippen LogP contribution in [0, 0.1) is 17.9 Å². The summed E-state index contributed by atoms with van der Waals surface area (Å²) in [6, 6.07) is 6.32. The molecule has 1 fully saturated rings. The number of halogens is 1. The molecule has 4 rings (SSSR count). The first-order valence-corrected chi connectivity index (χ1v) is 9.04. The molecule has 1 aromatic heterocycles. The number of hydrogen-bond donors (Lipinski definition) is 1. The van der Waals surface area contributed by atoms with Gasteiger partial charge in [-0.3, -0.25) is 0 Å². The van der Waals surface area contributed by atoms with Crippen molar-refractivity contribution in [3.05, 3.63) is 59.6 Å². The van der Waals surface area contributed by atoms with E-state index in [2.05, 4.69) is 61.6 Å². The van der Waals surface area contributed by atoms with Crippen molar-refractivity contribution in [1.29, 1.82) is 0 Å². The van der Waals surface area contributed by atoms with Gasteiger partial charge in [0.05, 0.1) is 16.7 Å². The second kappa shape index (κ2) is 4.90. The van der Waals surface area contributed by atoms with Gasteiger partial charge < -0.3 is 9.83 Å². The Kier molecular flexibility index (Phi) is 3.22. The molecule has 3 heteroatoms. The number of benzene rings is 1. The number of fused-ring (bicyclic) bond motifs is 2. The fourth-order valence-electron chi connectivity index (χ4n) is 5.22. The number of rotatable bonds is 1. The van der Waals surface area contributed by atoms with Crippen molar-refractivity contribution in [3.8, 4) is 0 Å². The lowest BCUT2D eigenvalue weighted by Gasteiger charge is -2.52. The van der Waals surface area contributed by atoms with Crippen LogP contribution in [0.5, 0.6) is 0 Å². The summed E-state index contributed by atoms with van der Waals surface area (Å²) in [4.78, 5) is 7.52. The molecule has 2 aliphatic carbocycles. The van der Waals surface area contributed by atoms with E-state index >= 15 is 0 Å². The largest absolute Gasteiger partial charge is 0.361 e. The zero-order valence-electron chi connectivity index (χ0n) is 14.4. The fraction of sp³-hybridized carbons (Fsp3) is 0.476. The van der Waals surface area contributed by atoms with Gasteiger partial charge in [0.1, 0.15) is 0 Å². The lowest BCUT2D eigenvalue weighted by atomic mass is 9.51. The van der Waals surface area contributed by atoms with Gasteiger partial charge in [0.25, 0.3) is 0 Å². The summed E-state index contributed by atoms with van der Waals surface area (Å²) in [5.74, 6) is 0.556. The van der Waals surface area contributed by atoms with Crippen LogP contribution in [0.2, 0.25) is 0 Å². The Morgan fingerprint density at radius 1 is 1.38 bits per heavy atom. The van der Waals surface area contributed by atoms with Crippen molar-refractivity contribution in [2.24, 2.45) is 11.3 Å². The highest BCUT2D eigenvalue weighted by Gasteiger charge is 2.60. The van der Waals surface area contributed by atoms with Crippen LogP contribution in [0.3, 0.4) is 0 Å². The van der Waals surface area contributed by atoms with Gasteiger partial charge in [0.2, 0.25) is 6.04 Å². The first-order chi connectivity index (χ1) is 11.4. The van der Waals surface area contributed by atoms with E-state index in [1.54, 1.807) is 0 Å². The smallest absolute Gasteiger partial charge is 0.240 e. The van der Waals surface area contributed by atoms with Gasteiger partial charge in [0, 0.05) is 17.1 Å². The van der Waals surface area contributed by atoms with E-state index in [1.807, 2.05) is 6.08 Å². The van der Waals surface area contributed by atoms with E-state index in [1.165, 1.54) is 22.0 Å². The third-order valence-corrected chi connectivity index (χ3v) is 7.49. The molecule has 1 N–H and O–H groups in total. The Labute approximate surface area is 148 Å². The zero-order valence-corrected chi connectivity index (χ0v) is 15.2. The molecular formula is C21H23ClN2. The van der Waals surface area contributed by atoms with Crippen LogP contribution in [0.4, 0.5) is 0 Å². The number of H-pyrrole nitrogens is 1. The normalized spacial score (nSPS) is 36.8. The summed E-state index contributed by atoms with van der Waals surface area (Å²) in [6.45, 7) is 18.7. The predicted octanol–water partition coefficient (Wildman–Crippen LogP) is 5.65. The van der Waals surface area contributed by atoms with Crippen molar-refractivity contribution in [1.82, 2.24) is 4.98 Å². The maximum atomic E-state index is 7.94. The standard InChI is InChI=1S/C21H23ClN2/c1-6-21(4)16(22)10-14-18(19(21)23-5)12-11-24-15-9-7-8-13(17(12)15)20(14,2)3/h6-9,11,14,16,18-19,24H,1,10H2,2-4H3/t14-,16+,18-,19+,21-/m0/s1. The molecule has 2 aromatic rings. The number of aromatic nitrogens is 1. The van der Waals surface area contributed by atoms with Gasteiger partial charge in [0.15, 0.2) is 0 Å². The summed E-state index contributed by atoms with van der Waals surface area (Å²) in [6.07, 6.45) is 4.95. The van der Waals surface area contributed by atoms with E-state index < -0.39 is 0 Å². The Hall–Kier alpha value is -1.72. The number of nitrogens with zero attached hydrogens (tertiary/aromatic N) is 1. The van der Waals surface area contributed by atoms with Crippen LogP contribution in [-0.4, -0.2) is 16.4 Å². The van der Waals surface area contributed by atoms with Gasteiger partial charge in [-0.1, -0.05) is 32.1 Å². The molecule has 0 unspecified atom stereocenters. The molecule has 0 saturated heterocycles. The van der Waals surface area contributed by atoms with Crippen molar-refractivity contribution in [2.45, 2.75) is 49.9 Å². The van der Waals surface area contributed by atoms with Crippen LogP contribution in [0.25, 0.3) is 15.7 Å². The van der Waals surface area contributed by atoms with Crippen LogP contribution in [0.1, 0.15) is 44.2 Å². The van der Waals surface area contributed by atoms with E-state index in [0.29, 0.717) is 5.92 Å². The van der Waals surface area contributed by atoms with Gasteiger partial charge in [-0.25, -0.2) is 6.57 Å². The predicted molar refractivity (Wildman–Crippen MR) is 101 cm³/mol. The average molecular weight is 339 g/mol. The quantitative estimate of drug-likeness (QED) is 0.394. The summed E-state index contributed by atoms with van der Waals surface area (Å²) in [7, 11) is 0. The Balaban J connectivity index is 2.03. The number of aromatic amines is 1. The minimum Gasteiger partial charge on any atom is -0.361 e.